The van der Waals surface area contributed by atoms with Crippen LogP contribution in [-0.4, -0.2) is 22.8 Å². The standard InChI is InChI=1S/C9H13N3OS/c1-10-4-7-6-2-3-14-5-8(6)12-9(13)11-7/h10H,2-5H2,1H3,(H,11,12,13). The smallest absolute Gasteiger partial charge is 0.314 e. The number of nitrogens with one attached hydrogen (secondary N) is 2. The maximum atomic E-state index is 11.2. The highest BCUT2D eigenvalue weighted by molar-refractivity contribution is 7.98. The average molecular weight is 211 g/mol. The van der Waals surface area contributed by atoms with E-state index < -0.39 is 0 Å². The molecule has 0 atom stereocenters. The molecular formula is C9H13N3OS. The first kappa shape index (κ1) is 9.73. The zero-order chi connectivity index (χ0) is 9.97. The van der Waals surface area contributed by atoms with Gasteiger partial charge in [-0.3, -0.25) is 0 Å². The quantitative estimate of drug-likeness (QED) is 0.737. The van der Waals surface area contributed by atoms with Gasteiger partial charge in [0.15, 0.2) is 0 Å². The number of aromatic nitrogens is 2. The van der Waals surface area contributed by atoms with Crippen molar-refractivity contribution in [3.8, 4) is 0 Å². The summed E-state index contributed by atoms with van der Waals surface area (Å²) in [6.07, 6.45) is 1.01. The molecule has 2 N–H and O–H groups in total. The van der Waals surface area contributed by atoms with Crippen LogP contribution in [0.4, 0.5) is 0 Å². The third kappa shape index (κ3) is 1.83. The number of rotatable bonds is 2. The molecular weight excluding hydrogens is 198 g/mol. The lowest BCUT2D eigenvalue weighted by Crippen LogP contribution is -2.23. The van der Waals surface area contributed by atoms with Gasteiger partial charge in [0.1, 0.15) is 0 Å². The summed E-state index contributed by atoms with van der Waals surface area (Å²) < 4.78 is 0. The minimum absolute atomic E-state index is 0.225. The summed E-state index contributed by atoms with van der Waals surface area (Å²) in [6.45, 7) is 0.678. The third-order valence-corrected chi connectivity index (χ3v) is 3.28. The molecule has 0 saturated heterocycles. The van der Waals surface area contributed by atoms with E-state index in [2.05, 4.69) is 15.3 Å². The van der Waals surface area contributed by atoms with E-state index in [-0.39, 0.29) is 5.69 Å². The van der Waals surface area contributed by atoms with Gasteiger partial charge in [0.05, 0.1) is 5.69 Å². The van der Waals surface area contributed by atoms with Gasteiger partial charge >= 0.3 is 5.69 Å². The molecule has 0 spiro atoms. The van der Waals surface area contributed by atoms with Gasteiger partial charge in [-0.15, -0.1) is 0 Å². The third-order valence-electron chi connectivity index (χ3n) is 2.29. The van der Waals surface area contributed by atoms with Crippen molar-refractivity contribution < 1.29 is 0 Å². The molecule has 4 nitrogen and oxygen atoms in total. The molecule has 0 amide bonds. The minimum atomic E-state index is -0.225. The van der Waals surface area contributed by atoms with Crippen molar-refractivity contribution in [2.45, 2.75) is 18.7 Å². The summed E-state index contributed by atoms with van der Waals surface area (Å²) in [4.78, 5) is 18.0. The Hall–Kier alpha value is -0.810. The van der Waals surface area contributed by atoms with Crippen LogP contribution in [0, 0.1) is 0 Å². The van der Waals surface area contributed by atoms with Crippen molar-refractivity contribution in [3.63, 3.8) is 0 Å². The fourth-order valence-corrected chi connectivity index (χ4v) is 2.62. The maximum absolute atomic E-state index is 11.2. The molecule has 0 radical (unpaired) electrons. The van der Waals surface area contributed by atoms with E-state index in [0.717, 1.165) is 29.3 Å². The highest BCUT2D eigenvalue weighted by atomic mass is 32.2. The highest BCUT2D eigenvalue weighted by Gasteiger charge is 2.15. The van der Waals surface area contributed by atoms with Crippen LogP contribution in [0.1, 0.15) is 17.0 Å². The Kier molecular flexibility index (Phi) is 2.88. The lowest BCUT2D eigenvalue weighted by molar-refractivity contribution is 0.752. The van der Waals surface area contributed by atoms with Crippen LogP contribution in [0.5, 0.6) is 0 Å². The van der Waals surface area contributed by atoms with E-state index in [1.165, 1.54) is 5.56 Å². The monoisotopic (exact) mass is 211 g/mol. The summed E-state index contributed by atoms with van der Waals surface area (Å²) >= 11 is 1.85. The molecule has 1 aromatic heterocycles. The van der Waals surface area contributed by atoms with Gasteiger partial charge in [-0.25, -0.2) is 4.79 Å². The van der Waals surface area contributed by atoms with Crippen LogP contribution in [0.2, 0.25) is 0 Å². The molecule has 0 saturated carbocycles. The second kappa shape index (κ2) is 4.14. The molecule has 1 aliphatic heterocycles. The highest BCUT2D eigenvalue weighted by Crippen LogP contribution is 2.23. The van der Waals surface area contributed by atoms with Gasteiger partial charge < -0.3 is 10.3 Å². The lowest BCUT2D eigenvalue weighted by atomic mass is 10.1. The van der Waals surface area contributed by atoms with Crippen LogP contribution in [0.3, 0.4) is 0 Å². The molecule has 0 unspecified atom stereocenters. The number of thioether (sulfide) groups is 1. The van der Waals surface area contributed by atoms with Crippen molar-refractivity contribution in [1.29, 1.82) is 0 Å². The number of aromatic amines is 1. The van der Waals surface area contributed by atoms with Crippen molar-refractivity contribution in [1.82, 2.24) is 15.3 Å². The predicted octanol–water partition coefficient (Wildman–Crippen LogP) is 0.279. The first-order valence-electron chi connectivity index (χ1n) is 4.64. The topological polar surface area (TPSA) is 57.8 Å². The first-order valence-corrected chi connectivity index (χ1v) is 5.80. The van der Waals surface area contributed by atoms with E-state index in [1.54, 1.807) is 0 Å². The molecule has 0 aliphatic carbocycles. The number of H-pyrrole nitrogens is 1. The van der Waals surface area contributed by atoms with Crippen LogP contribution in [-0.2, 0) is 18.7 Å². The second-order valence-electron chi connectivity index (χ2n) is 3.28. The van der Waals surface area contributed by atoms with E-state index >= 15 is 0 Å². The minimum Gasteiger partial charge on any atom is -0.314 e. The van der Waals surface area contributed by atoms with Crippen molar-refractivity contribution in [2.24, 2.45) is 0 Å². The Morgan fingerprint density at radius 2 is 2.50 bits per heavy atom. The molecule has 0 fully saturated rings. The molecule has 1 aliphatic rings. The summed E-state index contributed by atoms with van der Waals surface area (Å²) in [6, 6.07) is 0. The fourth-order valence-electron chi connectivity index (χ4n) is 1.68. The predicted molar refractivity (Wildman–Crippen MR) is 57.5 cm³/mol. The molecule has 2 heterocycles. The summed E-state index contributed by atoms with van der Waals surface area (Å²) in [7, 11) is 1.87. The summed E-state index contributed by atoms with van der Waals surface area (Å²) in [5.41, 5.74) is 2.98. The Balaban J connectivity index is 2.47. The molecule has 14 heavy (non-hydrogen) atoms. The van der Waals surface area contributed by atoms with Crippen molar-refractivity contribution in [3.05, 3.63) is 27.4 Å². The van der Waals surface area contributed by atoms with Crippen LogP contribution in [0.15, 0.2) is 4.79 Å². The van der Waals surface area contributed by atoms with Crippen LogP contribution >= 0.6 is 11.8 Å². The number of nitrogens with zero attached hydrogens (tertiary/aromatic N) is 1. The SMILES string of the molecule is CNCc1nc(=O)[nH]c2c1CCSC2. The molecule has 2 rings (SSSR count). The lowest BCUT2D eigenvalue weighted by Gasteiger charge is -2.17. The van der Waals surface area contributed by atoms with Gasteiger partial charge in [0.25, 0.3) is 0 Å². The zero-order valence-electron chi connectivity index (χ0n) is 8.09. The molecule has 76 valence electrons. The Labute approximate surface area is 86.5 Å². The zero-order valence-corrected chi connectivity index (χ0v) is 8.91. The normalized spacial score (nSPS) is 15.2. The number of hydrogen-bond acceptors (Lipinski definition) is 4. The number of fused-ring (bicyclic) bond motifs is 1. The van der Waals surface area contributed by atoms with E-state index in [1.807, 2.05) is 18.8 Å². The second-order valence-corrected chi connectivity index (χ2v) is 4.38. The van der Waals surface area contributed by atoms with Gasteiger partial charge in [-0.1, -0.05) is 0 Å². The Bertz CT molecular complexity index is 388. The first-order chi connectivity index (χ1) is 6.81. The summed E-state index contributed by atoms with van der Waals surface area (Å²) in [5.74, 6) is 2.03. The van der Waals surface area contributed by atoms with Crippen LogP contribution < -0.4 is 11.0 Å². The molecule has 0 bridgehead atoms. The van der Waals surface area contributed by atoms with E-state index in [4.69, 9.17) is 0 Å². The van der Waals surface area contributed by atoms with Gasteiger partial charge in [0.2, 0.25) is 0 Å². The van der Waals surface area contributed by atoms with Gasteiger partial charge in [0, 0.05) is 18.0 Å². The average Bonchev–Trinajstić information content (AvgIpc) is 2.18. The van der Waals surface area contributed by atoms with Gasteiger partial charge in [-0.05, 0) is 24.8 Å². The molecule has 5 heteroatoms. The molecule has 1 aromatic rings. The Morgan fingerprint density at radius 1 is 1.64 bits per heavy atom. The van der Waals surface area contributed by atoms with E-state index in [0.29, 0.717) is 6.54 Å². The summed E-state index contributed by atoms with van der Waals surface area (Å²) in [5, 5.41) is 3.04. The van der Waals surface area contributed by atoms with Crippen LogP contribution in [0.25, 0.3) is 0 Å². The van der Waals surface area contributed by atoms with E-state index in [9.17, 15) is 4.79 Å². The van der Waals surface area contributed by atoms with Crippen molar-refractivity contribution in [2.75, 3.05) is 12.8 Å². The fraction of sp³-hybridized carbons (Fsp3) is 0.556. The number of hydrogen-bond donors (Lipinski definition) is 2. The largest absolute Gasteiger partial charge is 0.345 e. The van der Waals surface area contributed by atoms with Gasteiger partial charge in [-0.2, -0.15) is 16.7 Å². The molecule has 0 aromatic carbocycles. The Morgan fingerprint density at radius 3 is 3.29 bits per heavy atom. The van der Waals surface area contributed by atoms with Crippen molar-refractivity contribution >= 4 is 11.8 Å². The maximum Gasteiger partial charge on any atom is 0.345 e.